The van der Waals surface area contributed by atoms with Crippen molar-refractivity contribution in [1.29, 1.82) is 0 Å². The molecular formula is C11H13NO4S2. The molecule has 7 heteroatoms. The Balaban J connectivity index is 2.37. The average Bonchev–Trinajstić information content (AvgIpc) is 2.86. The molecule has 1 rings (SSSR count). The maximum Gasteiger partial charge on any atom is 0.327 e. The Kier molecular flexibility index (Phi) is 5.87. The van der Waals surface area contributed by atoms with Crippen molar-refractivity contribution in [3.8, 4) is 0 Å². The molecule has 0 spiro atoms. The highest BCUT2D eigenvalue weighted by molar-refractivity contribution is 7.80. The quantitative estimate of drug-likeness (QED) is 0.520. The molecule has 0 aliphatic rings. The summed E-state index contributed by atoms with van der Waals surface area (Å²) in [5.41, 5.74) is 0. The summed E-state index contributed by atoms with van der Waals surface area (Å²) in [7, 11) is 0. The van der Waals surface area contributed by atoms with E-state index in [-0.39, 0.29) is 24.4 Å². The maximum absolute atomic E-state index is 11.6. The zero-order valence-corrected chi connectivity index (χ0v) is 11.2. The van der Waals surface area contributed by atoms with E-state index in [2.05, 4.69) is 17.9 Å². The van der Waals surface area contributed by atoms with Crippen molar-refractivity contribution in [2.24, 2.45) is 0 Å². The fraction of sp³-hybridized carbons (Fsp3) is 0.364. The number of carbonyl (C=O) groups excluding carboxylic acids is 2. The summed E-state index contributed by atoms with van der Waals surface area (Å²) in [6, 6.07) is 2.44. The summed E-state index contributed by atoms with van der Waals surface area (Å²) in [5.74, 6) is -1.69. The number of ketones is 1. The zero-order valence-electron chi connectivity index (χ0n) is 9.46. The van der Waals surface area contributed by atoms with E-state index in [0.29, 0.717) is 4.88 Å². The second-order valence-corrected chi connectivity index (χ2v) is 4.85. The minimum Gasteiger partial charge on any atom is -0.480 e. The predicted molar refractivity (Wildman–Crippen MR) is 71.3 cm³/mol. The van der Waals surface area contributed by atoms with E-state index in [0.717, 1.165) is 0 Å². The molecular weight excluding hydrogens is 274 g/mol. The molecule has 1 heterocycles. The standard InChI is InChI=1S/C11H13NO4S2/c13-8(9-2-1-5-18-9)3-4-10(14)12-7(6-17)11(15)16/h1-2,5,7,17H,3-4,6H2,(H,12,14)(H,15,16). The fourth-order valence-corrected chi connectivity index (χ4v) is 2.18. The SMILES string of the molecule is O=C(CCC(=O)c1cccs1)NC(CS)C(=O)O. The molecule has 0 saturated heterocycles. The van der Waals surface area contributed by atoms with Crippen LogP contribution in [0.5, 0.6) is 0 Å². The first-order valence-electron chi connectivity index (χ1n) is 5.24. The summed E-state index contributed by atoms with van der Waals surface area (Å²) in [6.07, 6.45) is 0.0551. The maximum atomic E-state index is 11.6. The number of Topliss-reactive ketones (excluding diaryl/α,β-unsaturated/α-hetero) is 1. The summed E-state index contributed by atoms with van der Waals surface area (Å²) in [4.78, 5) is 34.3. The number of nitrogens with one attached hydrogen (secondary N) is 1. The molecule has 1 unspecified atom stereocenters. The highest BCUT2D eigenvalue weighted by Crippen LogP contribution is 2.12. The van der Waals surface area contributed by atoms with Gasteiger partial charge in [-0.15, -0.1) is 11.3 Å². The highest BCUT2D eigenvalue weighted by Gasteiger charge is 2.18. The van der Waals surface area contributed by atoms with Gasteiger partial charge in [0.05, 0.1) is 4.88 Å². The summed E-state index contributed by atoms with van der Waals surface area (Å²) in [5, 5.41) is 12.8. The number of carbonyl (C=O) groups is 3. The number of amides is 1. The number of hydrogen-bond acceptors (Lipinski definition) is 5. The van der Waals surface area contributed by atoms with Gasteiger partial charge in [0.15, 0.2) is 5.78 Å². The van der Waals surface area contributed by atoms with Crippen LogP contribution in [0.25, 0.3) is 0 Å². The van der Waals surface area contributed by atoms with Crippen molar-refractivity contribution in [3.63, 3.8) is 0 Å². The first-order valence-corrected chi connectivity index (χ1v) is 6.75. The number of carboxylic acids is 1. The molecule has 0 bridgehead atoms. The monoisotopic (exact) mass is 287 g/mol. The Labute approximate surface area is 114 Å². The topological polar surface area (TPSA) is 83.5 Å². The molecule has 0 aliphatic carbocycles. The second kappa shape index (κ2) is 7.17. The Morgan fingerprint density at radius 1 is 1.39 bits per heavy atom. The third-order valence-corrected chi connectivity index (χ3v) is 3.47. The minimum atomic E-state index is -1.14. The van der Waals surface area contributed by atoms with Gasteiger partial charge in [-0.3, -0.25) is 9.59 Å². The van der Waals surface area contributed by atoms with Gasteiger partial charge in [-0.05, 0) is 11.4 Å². The largest absolute Gasteiger partial charge is 0.480 e. The van der Waals surface area contributed by atoms with E-state index >= 15 is 0 Å². The van der Waals surface area contributed by atoms with Crippen molar-refractivity contribution in [2.45, 2.75) is 18.9 Å². The lowest BCUT2D eigenvalue weighted by Gasteiger charge is -2.11. The number of thiophene rings is 1. The van der Waals surface area contributed by atoms with Crippen LogP contribution in [0, 0.1) is 0 Å². The molecule has 0 aromatic carbocycles. The number of rotatable bonds is 7. The highest BCUT2D eigenvalue weighted by atomic mass is 32.1. The molecule has 0 fully saturated rings. The molecule has 1 aromatic rings. The molecule has 5 nitrogen and oxygen atoms in total. The van der Waals surface area contributed by atoms with Crippen LogP contribution in [0.2, 0.25) is 0 Å². The van der Waals surface area contributed by atoms with Crippen LogP contribution in [0.1, 0.15) is 22.5 Å². The van der Waals surface area contributed by atoms with Gasteiger partial charge in [-0.25, -0.2) is 4.79 Å². The van der Waals surface area contributed by atoms with Crippen LogP contribution in [-0.2, 0) is 9.59 Å². The van der Waals surface area contributed by atoms with Crippen molar-refractivity contribution >= 4 is 41.6 Å². The Hall–Kier alpha value is -1.34. The number of hydrogen-bond donors (Lipinski definition) is 3. The van der Waals surface area contributed by atoms with Crippen molar-refractivity contribution < 1.29 is 19.5 Å². The van der Waals surface area contributed by atoms with Gasteiger partial charge in [0, 0.05) is 18.6 Å². The summed E-state index contributed by atoms with van der Waals surface area (Å²) in [6.45, 7) is 0. The normalized spacial score (nSPS) is 11.8. The van der Waals surface area contributed by atoms with Crippen LogP contribution in [-0.4, -0.2) is 34.6 Å². The molecule has 1 amide bonds. The molecule has 18 heavy (non-hydrogen) atoms. The number of aliphatic carboxylic acids is 1. The number of thiol groups is 1. The molecule has 0 radical (unpaired) electrons. The van der Waals surface area contributed by atoms with Crippen molar-refractivity contribution in [3.05, 3.63) is 22.4 Å². The first kappa shape index (κ1) is 14.7. The third-order valence-electron chi connectivity index (χ3n) is 2.19. The smallest absolute Gasteiger partial charge is 0.327 e. The molecule has 98 valence electrons. The van der Waals surface area contributed by atoms with Gasteiger partial charge in [0.1, 0.15) is 6.04 Å². The average molecular weight is 287 g/mol. The lowest BCUT2D eigenvalue weighted by molar-refractivity contribution is -0.141. The van der Waals surface area contributed by atoms with Gasteiger partial charge in [0.2, 0.25) is 5.91 Å². The van der Waals surface area contributed by atoms with Crippen LogP contribution < -0.4 is 5.32 Å². The van der Waals surface area contributed by atoms with Gasteiger partial charge in [0.25, 0.3) is 0 Å². The fourth-order valence-electron chi connectivity index (χ4n) is 1.24. The van der Waals surface area contributed by atoms with E-state index in [9.17, 15) is 14.4 Å². The van der Waals surface area contributed by atoms with E-state index in [1.165, 1.54) is 11.3 Å². The zero-order chi connectivity index (χ0) is 13.5. The Morgan fingerprint density at radius 3 is 2.61 bits per heavy atom. The summed E-state index contributed by atoms with van der Waals surface area (Å²) < 4.78 is 0. The second-order valence-electron chi connectivity index (χ2n) is 3.54. The lowest BCUT2D eigenvalue weighted by Crippen LogP contribution is -2.42. The van der Waals surface area contributed by atoms with E-state index in [1.54, 1.807) is 17.5 Å². The van der Waals surface area contributed by atoms with Crippen LogP contribution >= 0.6 is 24.0 Å². The molecule has 1 aromatic heterocycles. The van der Waals surface area contributed by atoms with Gasteiger partial charge in [-0.2, -0.15) is 12.6 Å². The van der Waals surface area contributed by atoms with Crippen molar-refractivity contribution in [1.82, 2.24) is 5.32 Å². The first-order chi connectivity index (χ1) is 8.54. The van der Waals surface area contributed by atoms with Gasteiger partial charge >= 0.3 is 5.97 Å². The minimum absolute atomic E-state index is 0.0138. The van der Waals surface area contributed by atoms with E-state index in [1.807, 2.05) is 0 Å². The summed E-state index contributed by atoms with van der Waals surface area (Å²) >= 11 is 5.14. The molecule has 0 aliphatic heterocycles. The third kappa shape index (κ3) is 4.50. The van der Waals surface area contributed by atoms with Gasteiger partial charge in [-0.1, -0.05) is 6.07 Å². The van der Waals surface area contributed by atoms with E-state index < -0.39 is 17.9 Å². The molecule has 2 N–H and O–H groups in total. The van der Waals surface area contributed by atoms with E-state index in [4.69, 9.17) is 5.11 Å². The predicted octanol–water partition coefficient (Wildman–Crippen LogP) is 1.21. The Morgan fingerprint density at radius 2 is 2.11 bits per heavy atom. The lowest BCUT2D eigenvalue weighted by atomic mass is 10.2. The Bertz CT molecular complexity index is 430. The van der Waals surface area contributed by atoms with Gasteiger partial charge < -0.3 is 10.4 Å². The van der Waals surface area contributed by atoms with Crippen LogP contribution in [0.4, 0.5) is 0 Å². The number of carboxylic acid groups (broad SMARTS) is 1. The molecule has 0 saturated carbocycles. The van der Waals surface area contributed by atoms with Crippen LogP contribution in [0.3, 0.4) is 0 Å². The van der Waals surface area contributed by atoms with Crippen LogP contribution in [0.15, 0.2) is 17.5 Å². The molecule has 1 atom stereocenters. The van der Waals surface area contributed by atoms with Crippen molar-refractivity contribution in [2.75, 3.05) is 5.75 Å².